The van der Waals surface area contributed by atoms with Gasteiger partial charge in [0.15, 0.2) is 6.10 Å². The molecule has 0 spiro atoms. The molecule has 1 heterocycles. The molecule has 6 heteroatoms. The van der Waals surface area contributed by atoms with Crippen molar-refractivity contribution in [3.05, 3.63) is 57.6 Å². The Morgan fingerprint density at radius 2 is 2.15 bits per heavy atom. The van der Waals surface area contributed by atoms with Crippen LogP contribution in [0, 0.1) is 6.92 Å². The van der Waals surface area contributed by atoms with E-state index in [1.54, 1.807) is 7.11 Å². The third-order valence-corrected chi connectivity index (χ3v) is 5.33. The van der Waals surface area contributed by atoms with Gasteiger partial charge in [-0.15, -0.1) is 0 Å². The summed E-state index contributed by atoms with van der Waals surface area (Å²) in [5, 5.41) is 4.32. The number of ether oxygens (including phenoxy) is 1. The van der Waals surface area contributed by atoms with Crippen molar-refractivity contribution in [3.8, 4) is 5.75 Å². The lowest BCUT2D eigenvalue weighted by Crippen LogP contribution is -2.14. The van der Waals surface area contributed by atoms with E-state index in [1.807, 2.05) is 55.5 Å². The summed E-state index contributed by atoms with van der Waals surface area (Å²) in [5.41, 5.74) is 4.94. The number of halogens is 1. The topological polar surface area (TPSA) is 46.4 Å². The fourth-order valence-electron chi connectivity index (χ4n) is 2.91. The summed E-state index contributed by atoms with van der Waals surface area (Å²) in [6, 6.07) is 12.1. The number of oxime groups is 1. The summed E-state index contributed by atoms with van der Waals surface area (Å²) in [7, 11) is 3.67. The van der Waals surface area contributed by atoms with Gasteiger partial charge in [-0.1, -0.05) is 39.3 Å². The van der Waals surface area contributed by atoms with Crippen molar-refractivity contribution < 1.29 is 9.57 Å². The zero-order valence-electron chi connectivity index (χ0n) is 16.1. The molecule has 0 saturated carbocycles. The minimum atomic E-state index is -0.169. The maximum Gasteiger partial charge on any atom is 0.161 e. The van der Waals surface area contributed by atoms with Crippen molar-refractivity contribution >= 4 is 33.7 Å². The van der Waals surface area contributed by atoms with Crippen LogP contribution in [0.15, 0.2) is 51.0 Å². The normalized spacial score (nSPS) is 16.3. The molecule has 0 fully saturated rings. The molecule has 5 nitrogen and oxygen atoms in total. The molecule has 1 aliphatic rings. The van der Waals surface area contributed by atoms with Crippen LogP contribution in [0.5, 0.6) is 5.75 Å². The van der Waals surface area contributed by atoms with E-state index >= 15 is 0 Å². The van der Waals surface area contributed by atoms with E-state index in [9.17, 15) is 0 Å². The Morgan fingerprint density at radius 3 is 2.85 bits per heavy atom. The highest BCUT2D eigenvalue weighted by molar-refractivity contribution is 9.10. The summed E-state index contributed by atoms with van der Waals surface area (Å²) in [6.07, 6.45) is 2.36. The van der Waals surface area contributed by atoms with E-state index in [1.165, 1.54) is 0 Å². The lowest BCUT2D eigenvalue weighted by atomic mass is 9.97. The molecule has 0 N–H and O–H groups in total. The maximum absolute atomic E-state index is 5.75. The van der Waals surface area contributed by atoms with E-state index in [0.29, 0.717) is 6.42 Å². The lowest BCUT2D eigenvalue weighted by Gasteiger charge is -2.16. The van der Waals surface area contributed by atoms with Gasteiger partial charge in [0, 0.05) is 41.7 Å². The zero-order valence-corrected chi connectivity index (χ0v) is 17.7. The second-order valence-corrected chi connectivity index (χ2v) is 7.37. The zero-order chi connectivity index (χ0) is 19.4. The van der Waals surface area contributed by atoms with E-state index in [4.69, 9.17) is 9.57 Å². The van der Waals surface area contributed by atoms with Crippen molar-refractivity contribution in [1.82, 2.24) is 4.90 Å². The number of nitrogens with zero attached hydrogens (tertiary/aromatic N) is 3. The molecular formula is C21H24BrN3O2. The molecule has 1 aliphatic heterocycles. The quantitative estimate of drug-likeness (QED) is 0.465. The summed E-state index contributed by atoms with van der Waals surface area (Å²) in [5.74, 6) is 0.764. The molecule has 2 aromatic rings. The van der Waals surface area contributed by atoms with Crippen LogP contribution in [0.2, 0.25) is 0 Å². The first-order valence-electron chi connectivity index (χ1n) is 8.94. The van der Waals surface area contributed by atoms with Crippen LogP contribution in [0.1, 0.15) is 36.1 Å². The minimum absolute atomic E-state index is 0.169. The van der Waals surface area contributed by atoms with Gasteiger partial charge in [0.25, 0.3) is 0 Å². The average Bonchev–Trinajstić information content (AvgIpc) is 3.16. The Hall–Kier alpha value is -2.34. The smallest absolute Gasteiger partial charge is 0.161 e. The third kappa shape index (κ3) is 4.33. The van der Waals surface area contributed by atoms with Crippen LogP contribution in [0.4, 0.5) is 5.69 Å². The predicted molar refractivity (Wildman–Crippen MR) is 113 cm³/mol. The highest BCUT2D eigenvalue weighted by Crippen LogP contribution is 2.39. The van der Waals surface area contributed by atoms with Gasteiger partial charge in [-0.3, -0.25) is 0 Å². The molecule has 0 radical (unpaired) electrons. The van der Waals surface area contributed by atoms with E-state index in [0.717, 1.165) is 44.9 Å². The summed E-state index contributed by atoms with van der Waals surface area (Å²) in [6.45, 7) is 5.04. The fraction of sp³-hybridized carbons (Fsp3) is 0.333. The summed E-state index contributed by atoms with van der Waals surface area (Å²) >= 11 is 3.59. The molecule has 3 rings (SSSR count). The number of aryl methyl sites for hydroxylation is 1. The molecule has 0 aliphatic carbocycles. The highest BCUT2D eigenvalue weighted by atomic mass is 79.9. The van der Waals surface area contributed by atoms with Gasteiger partial charge in [0.1, 0.15) is 5.75 Å². The van der Waals surface area contributed by atoms with Gasteiger partial charge in [0.2, 0.25) is 0 Å². The molecule has 2 aromatic carbocycles. The third-order valence-electron chi connectivity index (χ3n) is 4.64. The molecular weight excluding hydrogens is 406 g/mol. The number of benzene rings is 2. The van der Waals surface area contributed by atoms with Gasteiger partial charge in [-0.25, -0.2) is 4.99 Å². The van der Waals surface area contributed by atoms with Crippen LogP contribution in [-0.2, 0) is 4.84 Å². The first kappa shape index (κ1) is 19.4. The van der Waals surface area contributed by atoms with E-state index < -0.39 is 0 Å². The molecule has 0 aromatic heterocycles. The molecule has 27 heavy (non-hydrogen) atoms. The first-order valence-corrected chi connectivity index (χ1v) is 9.73. The van der Waals surface area contributed by atoms with Gasteiger partial charge >= 0.3 is 0 Å². The minimum Gasteiger partial charge on any atom is -0.496 e. The van der Waals surface area contributed by atoms with Crippen molar-refractivity contribution in [3.63, 3.8) is 0 Å². The molecule has 0 saturated heterocycles. The Labute approximate surface area is 168 Å². The number of aliphatic imine (C=N–C) groups is 1. The summed E-state index contributed by atoms with van der Waals surface area (Å²) < 4.78 is 6.64. The van der Waals surface area contributed by atoms with Crippen LogP contribution in [0.25, 0.3) is 0 Å². The molecule has 0 amide bonds. The van der Waals surface area contributed by atoms with Crippen molar-refractivity contribution in [2.75, 3.05) is 20.7 Å². The molecule has 1 unspecified atom stereocenters. The summed E-state index contributed by atoms with van der Waals surface area (Å²) in [4.78, 5) is 12.4. The maximum atomic E-state index is 5.75. The average molecular weight is 430 g/mol. The van der Waals surface area contributed by atoms with Crippen LogP contribution < -0.4 is 4.74 Å². The SMILES string of the molecule is CCN(C)/C=N\c1cc(OC)c(C2CC(c3ccccc3Br)=NO2)cc1C. The standard InChI is InChI=1S/C21H24BrN3O2/c1-5-25(3)13-23-18-11-20(26-4)16(10-14(18)2)21-12-19(24-27-21)15-8-6-7-9-17(15)22/h6-11,13,21H,5,12H2,1-4H3/b23-13-. The van der Waals surface area contributed by atoms with E-state index in [2.05, 4.69) is 39.1 Å². The lowest BCUT2D eigenvalue weighted by molar-refractivity contribution is 0.0836. The Morgan fingerprint density at radius 1 is 1.37 bits per heavy atom. The Balaban J connectivity index is 1.85. The molecule has 1 atom stereocenters. The Bertz CT molecular complexity index is 880. The fourth-order valence-corrected chi connectivity index (χ4v) is 3.42. The first-order chi connectivity index (χ1) is 13.0. The monoisotopic (exact) mass is 429 g/mol. The second-order valence-electron chi connectivity index (χ2n) is 6.51. The number of methoxy groups -OCH3 is 1. The van der Waals surface area contributed by atoms with Gasteiger partial charge in [-0.2, -0.15) is 0 Å². The Kier molecular flexibility index (Phi) is 6.16. The number of hydrogen-bond acceptors (Lipinski definition) is 4. The predicted octanol–water partition coefficient (Wildman–Crippen LogP) is 5.24. The van der Waals surface area contributed by atoms with E-state index in [-0.39, 0.29) is 6.10 Å². The van der Waals surface area contributed by atoms with Crippen LogP contribution in [-0.4, -0.2) is 37.7 Å². The van der Waals surface area contributed by atoms with Crippen molar-refractivity contribution in [2.24, 2.45) is 10.1 Å². The van der Waals surface area contributed by atoms with Gasteiger partial charge in [-0.05, 0) is 31.5 Å². The van der Waals surface area contributed by atoms with Crippen molar-refractivity contribution in [1.29, 1.82) is 0 Å². The van der Waals surface area contributed by atoms with Gasteiger partial charge < -0.3 is 14.5 Å². The number of hydrogen-bond donors (Lipinski definition) is 0. The van der Waals surface area contributed by atoms with Gasteiger partial charge in [0.05, 0.1) is 24.8 Å². The van der Waals surface area contributed by atoms with Crippen LogP contribution >= 0.6 is 15.9 Å². The largest absolute Gasteiger partial charge is 0.496 e. The number of rotatable bonds is 6. The molecule has 0 bridgehead atoms. The molecule has 142 valence electrons. The van der Waals surface area contributed by atoms with Crippen molar-refractivity contribution in [2.45, 2.75) is 26.4 Å². The van der Waals surface area contributed by atoms with Crippen LogP contribution in [0.3, 0.4) is 0 Å². The highest BCUT2D eigenvalue weighted by Gasteiger charge is 2.28. The second kappa shape index (κ2) is 8.57.